The van der Waals surface area contributed by atoms with Crippen molar-refractivity contribution in [2.45, 2.75) is 17.9 Å². The van der Waals surface area contributed by atoms with Crippen molar-refractivity contribution in [1.82, 2.24) is 4.31 Å². The molecule has 0 radical (unpaired) electrons. The summed E-state index contributed by atoms with van der Waals surface area (Å²) in [5.74, 6) is 0.0440. The lowest BCUT2D eigenvalue weighted by molar-refractivity contribution is -0.122. The van der Waals surface area contributed by atoms with Crippen molar-refractivity contribution in [1.29, 1.82) is 0 Å². The maximum atomic E-state index is 12.6. The van der Waals surface area contributed by atoms with E-state index < -0.39 is 16.1 Å². The molecule has 1 N–H and O–H groups in total. The van der Waals surface area contributed by atoms with Gasteiger partial charge in [0, 0.05) is 18.8 Å². The molecule has 2 aromatic rings. The van der Waals surface area contributed by atoms with Gasteiger partial charge in [-0.05, 0) is 43.3 Å². The number of nitrogens with one attached hydrogen (secondary N) is 1. The Morgan fingerprint density at radius 2 is 1.79 bits per heavy atom. The second-order valence-electron chi connectivity index (χ2n) is 6.22. The topological polar surface area (TPSA) is 84.9 Å². The number of sulfonamides is 1. The van der Waals surface area contributed by atoms with Crippen LogP contribution >= 0.6 is 11.6 Å². The normalized spacial score (nSPS) is 16.4. The number of ether oxygens (including phenoxy) is 2. The second-order valence-corrected chi connectivity index (χ2v) is 8.57. The van der Waals surface area contributed by atoms with E-state index in [9.17, 15) is 13.2 Å². The van der Waals surface area contributed by atoms with Gasteiger partial charge in [0.2, 0.25) is 10.0 Å². The van der Waals surface area contributed by atoms with E-state index in [2.05, 4.69) is 5.32 Å². The first-order valence-electron chi connectivity index (χ1n) is 8.78. The molecule has 1 atom stereocenters. The summed E-state index contributed by atoms with van der Waals surface area (Å²) in [6, 6.07) is 12.9. The van der Waals surface area contributed by atoms with Gasteiger partial charge in [-0.1, -0.05) is 23.7 Å². The van der Waals surface area contributed by atoms with Crippen molar-refractivity contribution in [3.05, 3.63) is 53.6 Å². The lowest BCUT2D eigenvalue weighted by Crippen LogP contribution is -2.40. The number of carbonyl (C=O) groups is 1. The van der Waals surface area contributed by atoms with Gasteiger partial charge in [0.25, 0.3) is 5.91 Å². The SMILES string of the molecule is C[C@@H](Oc1ccccc1Cl)C(=O)Nc1ccc(S(=O)(=O)N2CCOCC2)cc1. The minimum Gasteiger partial charge on any atom is -0.479 e. The summed E-state index contributed by atoms with van der Waals surface area (Å²) in [6.07, 6.45) is -0.781. The number of anilines is 1. The zero-order valence-electron chi connectivity index (χ0n) is 15.3. The van der Waals surface area contributed by atoms with Crippen LogP contribution in [0.2, 0.25) is 5.02 Å². The minimum atomic E-state index is -3.57. The van der Waals surface area contributed by atoms with Crippen LogP contribution in [0.5, 0.6) is 5.75 Å². The molecule has 150 valence electrons. The zero-order valence-corrected chi connectivity index (χ0v) is 16.9. The molecule has 0 saturated carbocycles. The van der Waals surface area contributed by atoms with Crippen LogP contribution in [0.3, 0.4) is 0 Å². The Morgan fingerprint density at radius 1 is 1.14 bits per heavy atom. The number of para-hydroxylation sites is 1. The molecule has 1 aliphatic heterocycles. The molecule has 0 unspecified atom stereocenters. The second kappa shape index (κ2) is 8.91. The largest absolute Gasteiger partial charge is 0.479 e. The monoisotopic (exact) mass is 424 g/mol. The van der Waals surface area contributed by atoms with Gasteiger partial charge in [-0.3, -0.25) is 4.79 Å². The molecule has 1 heterocycles. The van der Waals surface area contributed by atoms with Crippen molar-refractivity contribution in [3.63, 3.8) is 0 Å². The van der Waals surface area contributed by atoms with E-state index in [-0.39, 0.29) is 10.8 Å². The number of hydrogen-bond donors (Lipinski definition) is 1. The lowest BCUT2D eigenvalue weighted by atomic mass is 10.3. The lowest BCUT2D eigenvalue weighted by Gasteiger charge is -2.26. The summed E-state index contributed by atoms with van der Waals surface area (Å²) in [6.45, 7) is 3.04. The van der Waals surface area contributed by atoms with Crippen LogP contribution in [0.4, 0.5) is 5.69 Å². The first kappa shape index (κ1) is 20.6. The van der Waals surface area contributed by atoms with Crippen molar-refractivity contribution in [3.8, 4) is 5.75 Å². The molecule has 28 heavy (non-hydrogen) atoms. The fourth-order valence-electron chi connectivity index (χ4n) is 2.67. The van der Waals surface area contributed by atoms with Crippen LogP contribution in [-0.4, -0.2) is 51.0 Å². The summed E-state index contributed by atoms with van der Waals surface area (Å²) in [4.78, 5) is 12.5. The van der Waals surface area contributed by atoms with Crippen molar-refractivity contribution < 1.29 is 22.7 Å². The number of amides is 1. The fraction of sp³-hybridized carbons (Fsp3) is 0.316. The summed E-state index contributed by atoms with van der Waals surface area (Å²) >= 11 is 6.03. The summed E-state index contributed by atoms with van der Waals surface area (Å²) in [5.41, 5.74) is 0.473. The van der Waals surface area contributed by atoms with Crippen molar-refractivity contribution >= 4 is 33.2 Å². The van der Waals surface area contributed by atoms with Gasteiger partial charge >= 0.3 is 0 Å². The maximum absolute atomic E-state index is 12.6. The number of nitrogens with zero attached hydrogens (tertiary/aromatic N) is 1. The van der Waals surface area contributed by atoms with Crippen LogP contribution in [0.15, 0.2) is 53.4 Å². The quantitative estimate of drug-likeness (QED) is 0.770. The molecule has 1 fully saturated rings. The third-order valence-corrected chi connectivity index (χ3v) is 6.46. The number of carbonyl (C=O) groups excluding carboxylic acids is 1. The van der Waals surface area contributed by atoms with Gasteiger partial charge in [0.05, 0.1) is 23.1 Å². The van der Waals surface area contributed by atoms with E-state index in [1.807, 2.05) is 0 Å². The van der Waals surface area contributed by atoms with Gasteiger partial charge in [-0.15, -0.1) is 0 Å². The first-order chi connectivity index (χ1) is 13.4. The summed E-state index contributed by atoms with van der Waals surface area (Å²) in [5, 5.41) is 3.12. The highest BCUT2D eigenvalue weighted by molar-refractivity contribution is 7.89. The standard InChI is InChI=1S/C19H21ClN2O5S/c1-14(27-18-5-3-2-4-17(18)20)19(23)21-15-6-8-16(9-7-15)28(24,25)22-10-12-26-13-11-22/h2-9,14H,10-13H2,1H3,(H,21,23)/t14-/m1/s1. The molecule has 3 rings (SSSR count). The molecule has 1 amide bonds. The molecular formula is C19H21ClN2O5S. The van der Waals surface area contributed by atoms with Gasteiger partial charge < -0.3 is 14.8 Å². The van der Waals surface area contributed by atoms with E-state index in [0.717, 1.165) is 0 Å². The zero-order chi connectivity index (χ0) is 20.1. The Labute approximate surface area is 169 Å². The van der Waals surface area contributed by atoms with Crippen molar-refractivity contribution in [2.75, 3.05) is 31.6 Å². The van der Waals surface area contributed by atoms with E-state index in [1.165, 1.54) is 16.4 Å². The minimum absolute atomic E-state index is 0.174. The third-order valence-electron chi connectivity index (χ3n) is 4.24. The molecular weight excluding hydrogens is 404 g/mol. The smallest absolute Gasteiger partial charge is 0.265 e. The van der Waals surface area contributed by atoms with Crippen LogP contribution in [0.1, 0.15) is 6.92 Å². The number of benzene rings is 2. The molecule has 0 spiro atoms. The van der Waals surface area contributed by atoms with Gasteiger partial charge in [0.1, 0.15) is 5.75 Å². The summed E-state index contributed by atoms with van der Waals surface area (Å²) in [7, 11) is -3.57. The van der Waals surface area contributed by atoms with E-state index in [1.54, 1.807) is 43.3 Å². The molecule has 7 nitrogen and oxygen atoms in total. The molecule has 0 bridgehead atoms. The molecule has 0 aromatic heterocycles. The van der Waals surface area contributed by atoms with Crippen LogP contribution in [-0.2, 0) is 19.6 Å². The molecule has 9 heteroatoms. The Hall–Kier alpha value is -2.13. The highest BCUT2D eigenvalue weighted by atomic mass is 35.5. The first-order valence-corrected chi connectivity index (χ1v) is 10.6. The van der Waals surface area contributed by atoms with E-state index in [4.69, 9.17) is 21.1 Å². The van der Waals surface area contributed by atoms with Crippen LogP contribution in [0, 0.1) is 0 Å². The Balaban J connectivity index is 1.63. The number of rotatable bonds is 6. The average molecular weight is 425 g/mol. The van der Waals surface area contributed by atoms with Crippen molar-refractivity contribution in [2.24, 2.45) is 0 Å². The van der Waals surface area contributed by atoms with Gasteiger partial charge in [0.15, 0.2) is 6.10 Å². The van der Waals surface area contributed by atoms with Gasteiger partial charge in [-0.25, -0.2) is 8.42 Å². The molecule has 2 aromatic carbocycles. The van der Waals surface area contributed by atoms with E-state index in [0.29, 0.717) is 42.8 Å². The van der Waals surface area contributed by atoms with Crippen LogP contribution < -0.4 is 10.1 Å². The maximum Gasteiger partial charge on any atom is 0.265 e. The number of halogens is 1. The Bertz CT molecular complexity index is 928. The predicted molar refractivity (Wildman–Crippen MR) is 106 cm³/mol. The summed E-state index contributed by atoms with van der Waals surface area (Å²) < 4.78 is 37.4. The average Bonchev–Trinajstić information content (AvgIpc) is 2.70. The molecule has 1 aliphatic rings. The highest BCUT2D eigenvalue weighted by Crippen LogP contribution is 2.25. The van der Waals surface area contributed by atoms with E-state index >= 15 is 0 Å². The Kier molecular flexibility index (Phi) is 6.56. The number of hydrogen-bond acceptors (Lipinski definition) is 5. The fourth-order valence-corrected chi connectivity index (χ4v) is 4.26. The third kappa shape index (κ3) is 4.82. The predicted octanol–water partition coefficient (Wildman–Crippen LogP) is 2.77. The number of morpholine rings is 1. The Morgan fingerprint density at radius 3 is 2.43 bits per heavy atom. The van der Waals surface area contributed by atoms with Crippen LogP contribution in [0.25, 0.3) is 0 Å². The van der Waals surface area contributed by atoms with Gasteiger partial charge in [-0.2, -0.15) is 4.31 Å². The molecule has 1 saturated heterocycles. The molecule has 0 aliphatic carbocycles. The highest BCUT2D eigenvalue weighted by Gasteiger charge is 2.26.